The van der Waals surface area contributed by atoms with Crippen molar-refractivity contribution >= 4 is 23.5 Å². The average molecular weight is 482 g/mol. The Bertz CT molecular complexity index is 1290. The van der Waals surface area contributed by atoms with Crippen molar-refractivity contribution in [3.8, 4) is 16.9 Å². The number of rotatable bonds is 11. The molecule has 0 radical (unpaired) electrons. The van der Waals surface area contributed by atoms with Crippen LogP contribution in [-0.2, 0) is 11.2 Å². The molecule has 0 aliphatic carbocycles. The third-order valence-electron chi connectivity index (χ3n) is 6.11. The number of aromatic hydroxyl groups is 1. The molecule has 4 aromatic carbocycles. The van der Waals surface area contributed by atoms with Gasteiger partial charge in [-0.1, -0.05) is 54.6 Å². The largest absolute Gasteiger partial charge is 0.506 e. The van der Waals surface area contributed by atoms with Crippen LogP contribution in [0.2, 0.25) is 0 Å². The van der Waals surface area contributed by atoms with E-state index in [2.05, 4.69) is 89.6 Å². The molecule has 184 valence electrons. The van der Waals surface area contributed by atoms with Crippen molar-refractivity contribution in [1.29, 1.82) is 0 Å². The monoisotopic (exact) mass is 481 g/mol. The van der Waals surface area contributed by atoms with E-state index in [-0.39, 0.29) is 11.4 Å². The van der Waals surface area contributed by atoms with Crippen LogP contribution in [0.3, 0.4) is 0 Å². The van der Waals surface area contributed by atoms with Gasteiger partial charge in [0.05, 0.1) is 11.8 Å². The van der Waals surface area contributed by atoms with E-state index in [9.17, 15) is 15.0 Å². The topological polar surface area (TPSA) is 93.6 Å². The molecule has 36 heavy (non-hydrogen) atoms. The molecule has 0 fully saturated rings. The molecule has 5 N–H and O–H groups in total. The summed E-state index contributed by atoms with van der Waals surface area (Å²) >= 11 is 0. The van der Waals surface area contributed by atoms with Crippen molar-refractivity contribution in [3.63, 3.8) is 0 Å². The molecule has 6 nitrogen and oxygen atoms in total. The Hall–Kier alpha value is -4.13. The number of hydrogen-bond donors (Lipinski definition) is 5. The van der Waals surface area contributed by atoms with Crippen molar-refractivity contribution < 1.29 is 15.0 Å². The highest BCUT2D eigenvalue weighted by atomic mass is 16.3. The summed E-state index contributed by atoms with van der Waals surface area (Å²) < 4.78 is 0. The molecule has 0 aliphatic rings. The first kappa shape index (κ1) is 25.0. The summed E-state index contributed by atoms with van der Waals surface area (Å²) in [4.78, 5) is 10.6. The fraction of sp³-hybridized carbons (Fsp3) is 0.167. The number of aliphatic hydroxyl groups is 1. The molecule has 0 aliphatic heterocycles. The van der Waals surface area contributed by atoms with Crippen LogP contribution in [-0.4, -0.2) is 29.7 Å². The van der Waals surface area contributed by atoms with Gasteiger partial charge in [-0.2, -0.15) is 0 Å². The van der Waals surface area contributed by atoms with Crippen molar-refractivity contribution in [1.82, 2.24) is 5.32 Å². The number of phenols is 1. The van der Waals surface area contributed by atoms with Crippen LogP contribution in [0, 0.1) is 6.92 Å². The molecule has 1 amide bonds. The molecule has 1 unspecified atom stereocenters. The maximum absolute atomic E-state index is 10.6. The summed E-state index contributed by atoms with van der Waals surface area (Å²) in [5, 5.41) is 29.3. The number of aliphatic hydroxyl groups excluding tert-OH is 1. The number of hydrogen-bond acceptors (Lipinski definition) is 5. The zero-order chi connectivity index (χ0) is 25.3. The molecule has 0 saturated carbocycles. The number of carbonyl (C=O) groups is 1. The van der Waals surface area contributed by atoms with Gasteiger partial charge in [-0.3, -0.25) is 4.79 Å². The lowest BCUT2D eigenvalue weighted by atomic mass is 10.00. The van der Waals surface area contributed by atoms with E-state index in [1.54, 1.807) is 12.1 Å². The molecule has 0 spiro atoms. The lowest BCUT2D eigenvalue weighted by molar-refractivity contribution is -0.105. The lowest BCUT2D eigenvalue weighted by Gasteiger charge is -2.14. The first-order chi connectivity index (χ1) is 17.5. The summed E-state index contributed by atoms with van der Waals surface area (Å²) in [6.07, 6.45) is 0.565. The standard InChI is InChI=1S/C30H31N3O3/c1-21-7-11-26(18-27(21)23-5-3-2-4-6-23)33-25-12-8-22(9-13-25)15-16-31-19-30(36)24-10-14-29(35)28(17-24)32-20-34/h2-14,17-18,20,30-31,33,35-36H,15-16,19H2,1H3,(H,32,34). The first-order valence-corrected chi connectivity index (χ1v) is 12.0. The van der Waals surface area contributed by atoms with Gasteiger partial charge in [0, 0.05) is 17.9 Å². The van der Waals surface area contributed by atoms with Gasteiger partial charge >= 0.3 is 0 Å². The van der Waals surface area contributed by atoms with Crippen molar-refractivity contribution in [2.45, 2.75) is 19.4 Å². The van der Waals surface area contributed by atoms with Gasteiger partial charge in [0.25, 0.3) is 0 Å². The van der Waals surface area contributed by atoms with E-state index in [1.807, 2.05) is 6.07 Å². The van der Waals surface area contributed by atoms with Gasteiger partial charge in [0.2, 0.25) is 6.41 Å². The summed E-state index contributed by atoms with van der Waals surface area (Å²) in [5.41, 5.74) is 7.82. The Labute approximate surface area is 211 Å². The van der Waals surface area contributed by atoms with Gasteiger partial charge < -0.3 is 26.2 Å². The van der Waals surface area contributed by atoms with Crippen LogP contribution in [0.5, 0.6) is 5.75 Å². The predicted octanol–water partition coefficient (Wildman–Crippen LogP) is 5.55. The highest BCUT2D eigenvalue weighted by molar-refractivity contribution is 5.76. The Morgan fingerprint density at radius 1 is 0.889 bits per heavy atom. The minimum atomic E-state index is -0.750. The number of nitrogens with one attached hydrogen (secondary N) is 3. The number of phenolic OH excluding ortho intramolecular Hbond substituents is 1. The summed E-state index contributed by atoms with van der Waals surface area (Å²) in [7, 11) is 0. The molecule has 0 heterocycles. The third kappa shape index (κ3) is 6.50. The first-order valence-electron chi connectivity index (χ1n) is 12.0. The van der Waals surface area contributed by atoms with Crippen molar-refractivity contribution in [2.75, 3.05) is 23.7 Å². The SMILES string of the molecule is Cc1ccc(Nc2ccc(CCNCC(O)c3ccc(O)c(NC=O)c3)cc2)cc1-c1ccccc1. The van der Waals surface area contributed by atoms with Crippen molar-refractivity contribution in [2.24, 2.45) is 0 Å². The summed E-state index contributed by atoms with van der Waals surface area (Å²) in [6.45, 7) is 3.20. The number of benzene rings is 4. The van der Waals surface area contributed by atoms with E-state index in [4.69, 9.17) is 0 Å². The molecule has 4 rings (SSSR count). The average Bonchev–Trinajstić information content (AvgIpc) is 2.90. The van der Waals surface area contributed by atoms with Gasteiger partial charge in [-0.15, -0.1) is 0 Å². The zero-order valence-electron chi connectivity index (χ0n) is 20.2. The molecule has 1 atom stereocenters. The highest BCUT2D eigenvalue weighted by Crippen LogP contribution is 2.28. The minimum Gasteiger partial charge on any atom is -0.506 e. The summed E-state index contributed by atoms with van der Waals surface area (Å²) in [6, 6.07) is 29.8. The normalized spacial score (nSPS) is 11.6. The molecule has 4 aromatic rings. The molecular weight excluding hydrogens is 450 g/mol. The van der Waals surface area contributed by atoms with Crippen LogP contribution in [0.15, 0.2) is 91.0 Å². The smallest absolute Gasteiger partial charge is 0.211 e. The van der Waals surface area contributed by atoms with Crippen LogP contribution in [0.1, 0.15) is 22.8 Å². The van der Waals surface area contributed by atoms with Crippen LogP contribution >= 0.6 is 0 Å². The number of amides is 1. The Kier molecular flexibility index (Phi) is 8.34. The van der Waals surface area contributed by atoms with E-state index >= 15 is 0 Å². The second kappa shape index (κ2) is 12.0. The Balaban J connectivity index is 1.28. The fourth-order valence-corrected chi connectivity index (χ4v) is 4.08. The second-order valence-corrected chi connectivity index (χ2v) is 8.73. The maximum Gasteiger partial charge on any atom is 0.211 e. The molecule has 0 bridgehead atoms. The van der Waals surface area contributed by atoms with E-state index in [0.717, 1.165) is 17.8 Å². The molecule has 6 heteroatoms. The van der Waals surface area contributed by atoms with Gasteiger partial charge in [0.15, 0.2) is 0 Å². The molecule has 0 saturated heterocycles. The maximum atomic E-state index is 10.6. The fourth-order valence-electron chi connectivity index (χ4n) is 4.08. The lowest BCUT2D eigenvalue weighted by Crippen LogP contribution is -2.23. The van der Waals surface area contributed by atoms with Gasteiger partial charge in [-0.25, -0.2) is 0 Å². The van der Waals surface area contributed by atoms with Gasteiger partial charge in [0.1, 0.15) is 5.75 Å². The van der Waals surface area contributed by atoms with Crippen LogP contribution in [0.4, 0.5) is 17.1 Å². The number of carbonyl (C=O) groups excluding carboxylic acids is 1. The van der Waals surface area contributed by atoms with E-state index in [0.29, 0.717) is 25.1 Å². The number of aryl methyl sites for hydroxylation is 1. The van der Waals surface area contributed by atoms with E-state index in [1.165, 1.54) is 28.3 Å². The number of anilines is 3. The van der Waals surface area contributed by atoms with Crippen molar-refractivity contribution in [3.05, 3.63) is 108 Å². The van der Waals surface area contributed by atoms with Crippen LogP contribution < -0.4 is 16.0 Å². The van der Waals surface area contributed by atoms with E-state index < -0.39 is 6.10 Å². The Morgan fingerprint density at radius 3 is 2.39 bits per heavy atom. The molecular formula is C30H31N3O3. The third-order valence-corrected chi connectivity index (χ3v) is 6.11. The highest BCUT2D eigenvalue weighted by Gasteiger charge is 2.10. The molecule has 0 aromatic heterocycles. The van der Waals surface area contributed by atoms with Crippen LogP contribution in [0.25, 0.3) is 11.1 Å². The van der Waals surface area contributed by atoms with Gasteiger partial charge in [-0.05, 0) is 84.1 Å². The summed E-state index contributed by atoms with van der Waals surface area (Å²) in [5.74, 6) is -0.0389. The second-order valence-electron chi connectivity index (χ2n) is 8.73. The zero-order valence-corrected chi connectivity index (χ0v) is 20.2. The minimum absolute atomic E-state index is 0.0389. The predicted molar refractivity (Wildman–Crippen MR) is 146 cm³/mol. The Morgan fingerprint density at radius 2 is 1.64 bits per heavy atom. The quantitative estimate of drug-likeness (QED) is 0.110.